The van der Waals surface area contributed by atoms with Crippen LogP contribution in [0.1, 0.15) is 6.42 Å². The molecule has 0 spiro atoms. The minimum absolute atomic E-state index is 0.275. The molecule has 1 fully saturated rings. The lowest BCUT2D eigenvalue weighted by atomic mass is 10.0. The summed E-state index contributed by atoms with van der Waals surface area (Å²) in [4.78, 5) is 0. The molecule has 0 aromatic heterocycles. The second-order valence-electron chi connectivity index (χ2n) is 2.78. The third-order valence-corrected chi connectivity index (χ3v) is 1.78. The highest BCUT2D eigenvalue weighted by Gasteiger charge is 2.28. The predicted molar refractivity (Wildman–Crippen MR) is 38.2 cm³/mol. The highest BCUT2D eigenvalue weighted by Crippen LogP contribution is 2.14. The van der Waals surface area contributed by atoms with E-state index in [4.69, 9.17) is 14.6 Å². The van der Waals surface area contributed by atoms with E-state index in [0.29, 0.717) is 19.6 Å². The molecule has 0 bridgehead atoms. The van der Waals surface area contributed by atoms with Crippen LogP contribution in [0.5, 0.6) is 0 Å². The van der Waals surface area contributed by atoms with Gasteiger partial charge in [-0.15, -0.1) is 0 Å². The van der Waals surface area contributed by atoms with Gasteiger partial charge in [-0.05, 0) is 0 Å². The van der Waals surface area contributed by atoms with Gasteiger partial charge in [0.05, 0.1) is 25.4 Å². The van der Waals surface area contributed by atoms with Gasteiger partial charge >= 0.3 is 0 Å². The molecule has 4 nitrogen and oxygen atoms in total. The van der Waals surface area contributed by atoms with Crippen molar-refractivity contribution in [3.63, 3.8) is 0 Å². The summed E-state index contributed by atoms with van der Waals surface area (Å²) in [6, 6.07) is 0. The van der Waals surface area contributed by atoms with Gasteiger partial charge in [0.2, 0.25) is 0 Å². The highest BCUT2D eigenvalue weighted by molar-refractivity contribution is 4.77. The number of aliphatic hydroxyl groups is 2. The molecular formula is C7H14O4. The maximum atomic E-state index is 9.31. The van der Waals surface area contributed by atoms with Gasteiger partial charge in [-0.1, -0.05) is 0 Å². The summed E-state index contributed by atoms with van der Waals surface area (Å²) in [6.45, 7) is 0.680. The molecule has 3 unspecified atom stereocenters. The summed E-state index contributed by atoms with van der Waals surface area (Å²) in [5.74, 6) is 0. The average molecular weight is 162 g/mol. The molecule has 0 aliphatic carbocycles. The maximum Gasteiger partial charge on any atom is 0.107 e. The van der Waals surface area contributed by atoms with Crippen molar-refractivity contribution < 1.29 is 19.7 Å². The van der Waals surface area contributed by atoms with E-state index in [0.717, 1.165) is 0 Å². The monoisotopic (exact) mass is 162 g/mol. The van der Waals surface area contributed by atoms with E-state index in [1.54, 1.807) is 7.11 Å². The van der Waals surface area contributed by atoms with Gasteiger partial charge in [0, 0.05) is 13.5 Å². The Labute approximate surface area is 65.7 Å². The molecule has 66 valence electrons. The van der Waals surface area contributed by atoms with Gasteiger partial charge < -0.3 is 19.7 Å². The number of rotatable bonds is 2. The van der Waals surface area contributed by atoms with Crippen LogP contribution in [0.4, 0.5) is 0 Å². The van der Waals surface area contributed by atoms with Crippen molar-refractivity contribution in [1.82, 2.24) is 0 Å². The lowest BCUT2D eigenvalue weighted by molar-refractivity contribution is -0.140. The third-order valence-electron chi connectivity index (χ3n) is 1.78. The van der Waals surface area contributed by atoms with Gasteiger partial charge in [0.25, 0.3) is 0 Å². The minimum atomic E-state index is -0.598. The zero-order chi connectivity index (χ0) is 8.27. The molecule has 0 aromatic rings. The van der Waals surface area contributed by atoms with Gasteiger partial charge in [-0.25, -0.2) is 0 Å². The smallest absolute Gasteiger partial charge is 0.107 e. The van der Waals surface area contributed by atoms with Crippen molar-refractivity contribution in [2.75, 3.05) is 20.3 Å². The van der Waals surface area contributed by atoms with Crippen molar-refractivity contribution >= 4 is 0 Å². The van der Waals surface area contributed by atoms with Crippen LogP contribution in [0.15, 0.2) is 0 Å². The number of hydrogen-bond donors (Lipinski definition) is 2. The quantitative estimate of drug-likeness (QED) is 0.555. The normalized spacial score (nSPS) is 39.0. The first-order valence-corrected chi connectivity index (χ1v) is 3.70. The minimum Gasteiger partial charge on any atom is -0.391 e. The standard InChI is InChI=1S/C7H14O4/c1-10-4-7-6(9)2-5(8)3-11-7/h5-9H,2-4H2,1H3. The van der Waals surface area contributed by atoms with E-state index in [1.807, 2.05) is 0 Å². The summed E-state index contributed by atoms with van der Waals surface area (Å²) in [6.07, 6.45) is -1.02. The summed E-state index contributed by atoms with van der Waals surface area (Å²) < 4.78 is 9.94. The number of hydrogen-bond acceptors (Lipinski definition) is 4. The molecule has 0 radical (unpaired) electrons. The molecule has 0 saturated carbocycles. The fourth-order valence-electron chi connectivity index (χ4n) is 1.17. The lowest BCUT2D eigenvalue weighted by Crippen LogP contribution is -2.43. The highest BCUT2D eigenvalue weighted by atomic mass is 16.5. The Bertz CT molecular complexity index is 117. The number of aliphatic hydroxyl groups excluding tert-OH is 2. The second kappa shape index (κ2) is 4.01. The summed E-state index contributed by atoms with van der Waals surface area (Å²) >= 11 is 0. The molecule has 1 aliphatic rings. The first-order valence-electron chi connectivity index (χ1n) is 3.70. The van der Waals surface area contributed by atoms with Crippen LogP contribution in [0.2, 0.25) is 0 Å². The maximum absolute atomic E-state index is 9.31. The zero-order valence-electron chi connectivity index (χ0n) is 6.56. The van der Waals surface area contributed by atoms with Crippen LogP contribution >= 0.6 is 0 Å². The Kier molecular flexibility index (Phi) is 3.26. The third kappa shape index (κ3) is 2.41. The molecule has 4 heteroatoms. The van der Waals surface area contributed by atoms with Crippen LogP contribution in [0.3, 0.4) is 0 Å². The molecular weight excluding hydrogens is 148 g/mol. The van der Waals surface area contributed by atoms with Crippen LogP contribution < -0.4 is 0 Å². The number of methoxy groups -OCH3 is 1. The SMILES string of the molecule is COCC1OCC(O)CC1O. The predicted octanol–water partition coefficient (Wildman–Crippen LogP) is -0.857. The Morgan fingerprint density at radius 3 is 2.82 bits per heavy atom. The van der Waals surface area contributed by atoms with Crippen LogP contribution in [-0.2, 0) is 9.47 Å². The summed E-state index contributed by atoms with van der Waals surface area (Å²) in [5.41, 5.74) is 0. The van der Waals surface area contributed by atoms with Gasteiger partial charge in [0.15, 0.2) is 0 Å². The Morgan fingerprint density at radius 2 is 2.27 bits per heavy atom. The second-order valence-corrected chi connectivity index (χ2v) is 2.78. The van der Waals surface area contributed by atoms with E-state index in [1.165, 1.54) is 0 Å². The van der Waals surface area contributed by atoms with Crippen molar-refractivity contribution in [1.29, 1.82) is 0 Å². The first kappa shape index (κ1) is 8.93. The van der Waals surface area contributed by atoms with Gasteiger partial charge in [-0.3, -0.25) is 0 Å². The van der Waals surface area contributed by atoms with Crippen LogP contribution in [-0.4, -0.2) is 48.8 Å². The molecule has 11 heavy (non-hydrogen) atoms. The van der Waals surface area contributed by atoms with Gasteiger partial charge in [0.1, 0.15) is 6.10 Å². The van der Waals surface area contributed by atoms with Gasteiger partial charge in [-0.2, -0.15) is 0 Å². The van der Waals surface area contributed by atoms with E-state index < -0.39 is 12.2 Å². The lowest BCUT2D eigenvalue weighted by Gasteiger charge is -2.30. The summed E-state index contributed by atoms with van der Waals surface area (Å²) in [5, 5.41) is 18.3. The van der Waals surface area contributed by atoms with Crippen LogP contribution in [0.25, 0.3) is 0 Å². The summed E-state index contributed by atoms with van der Waals surface area (Å²) in [7, 11) is 1.56. The van der Waals surface area contributed by atoms with Crippen LogP contribution in [0, 0.1) is 0 Å². The number of ether oxygens (including phenoxy) is 2. The Balaban J connectivity index is 2.31. The Morgan fingerprint density at radius 1 is 1.55 bits per heavy atom. The van der Waals surface area contributed by atoms with Crippen molar-refractivity contribution in [3.8, 4) is 0 Å². The topological polar surface area (TPSA) is 58.9 Å². The average Bonchev–Trinajstić information content (AvgIpc) is 1.95. The molecule has 1 saturated heterocycles. The molecule has 3 atom stereocenters. The Hall–Kier alpha value is -0.160. The van der Waals surface area contributed by atoms with Crippen molar-refractivity contribution in [2.45, 2.75) is 24.7 Å². The molecule has 0 aromatic carbocycles. The fraction of sp³-hybridized carbons (Fsp3) is 1.00. The van der Waals surface area contributed by atoms with E-state index >= 15 is 0 Å². The molecule has 1 aliphatic heterocycles. The van der Waals surface area contributed by atoms with E-state index in [2.05, 4.69) is 0 Å². The molecule has 1 rings (SSSR count). The molecule has 1 heterocycles. The molecule has 2 N–H and O–H groups in total. The van der Waals surface area contributed by atoms with E-state index in [9.17, 15) is 5.11 Å². The fourth-order valence-corrected chi connectivity index (χ4v) is 1.17. The largest absolute Gasteiger partial charge is 0.391 e. The zero-order valence-corrected chi connectivity index (χ0v) is 6.56. The van der Waals surface area contributed by atoms with Crippen molar-refractivity contribution in [3.05, 3.63) is 0 Å². The van der Waals surface area contributed by atoms with E-state index in [-0.39, 0.29) is 6.10 Å². The molecule has 0 amide bonds. The van der Waals surface area contributed by atoms with Crippen molar-refractivity contribution in [2.24, 2.45) is 0 Å². The first-order chi connectivity index (χ1) is 5.24.